The van der Waals surface area contributed by atoms with Crippen LogP contribution in [0.15, 0.2) is 24.3 Å². The molecule has 0 unspecified atom stereocenters. The Labute approximate surface area is 152 Å². The minimum Gasteiger partial charge on any atom is -0.376 e. The molecule has 1 heterocycles. The van der Waals surface area contributed by atoms with Gasteiger partial charge in [-0.25, -0.2) is 0 Å². The van der Waals surface area contributed by atoms with Gasteiger partial charge >= 0.3 is 0 Å². The molecule has 2 rings (SSSR count). The molecular formula is C21H34N2O2. The van der Waals surface area contributed by atoms with E-state index in [-0.39, 0.29) is 17.4 Å². The largest absolute Gasteiger partial charge is 0.376 e. The SMILES string of the molecule is Cc1ccc([C@H](CC(=O)NCCN(C)C)[C@H]2CCOC(C)(C)C2)cc1. The molecule has 0 radical (unpaired) electrons. The number of nitrogens with zero attached hydrogens (tertiary/aromatic N) is 1. The topological polar surface area (TPSA) is 41.6 Å². The zero-order chi connectivity index (χ0) is 18.4. The third-order valence-corrected chi connectivity index (χ3v) is 5.10. The van der Waals surface area contributed by atoms with Gasteiger partial charge in [-0.05, 0) is 65.1 Å². The van der Waals surface area contributed by atoms with Crippen LogP contribution in [0.25, 0.3) is 0 Å². The standard InChI is InChI=1S/C21H34N2O2/c1-16-6-8-17(9-7-16)19(14-20(24)22-11-12-23(4)5)18-10-13-25-21(2,3)15-18/h6-9,18-19H,10-15H2,1-5H3,(H,22,24)/t18-,19-/m0/s1. The summed E-state index contributed by atoms with van der Waals surface area (Å²) < 4.78 is 5.89. The molecule has 0 aliphatic carbocycles. The van der Waals surface area contributed by atoms with E-state index in [0.717, 1.165) is 26.0 Å². The lowest BCUT2D eigenvalue weighted by atomic mass is 9.75. The third-order valence-electron chi connectivity index (χ3n) is 5.10. The van der Waals surface area contributed by atoms with Gasteiger partial charge in [-0.15, -0.1) is 0 Å². The van der Waals surface area contributed by atoms with Gasteiger partial charge in [0, 0.05) is 26.1 Å². The van der Waals surface area contributed by atoms with Crippen molar-refractivity contribution in [2.75, 3.05) is 33.8 Å². The van der Waals surface area contributed by atoms with E-state index < -0.39 is 0 Å². The van der Waals surface area contributed by atoms with Gasteiger partial charge in [0.25, 0.3) is 0 Å². The Balaban J connectivity index is 2.09. The molecule has 1 aromatic rings. The first-order valence-corrected chi connectivity index (χ1v) is 9.39. The molecule has 2 atom stereocenters. The van der Waals surface area contributed by atoms with Crippen LogP contribution in [0.3, 0.4) is 0 Å². The predicted octanol–water partition coefficient (Wildman–Crippen LogP) is 3.35. The van der Waals surface area contributed by atoms with E-state index >= 15 is 0 Å². The number of aryl methyl sites for hydroxylation is 1. The molecule has 1 amide bonds. The van der Waals surface area contributed by atoms with E-state index in [2.05, 4.69) is 55.3 Å². The molecule has 1 fully saturated rings. The van der Waals surface area contributed by atoms with E-state index in [1.807, 2.05) is 14.1 Å². The summed E-state index contributed by atoms with van der Waals surface area (Å²) in [6, 6.07) is 8.68. The predicted molar refractivity (Wildman–Crippen MR) is 103 cm³/mol. The Kier molecular flexibility index (Phi) is 7.03. The van der Waals surface area contributed by atoms with Crippen LogP contribution in [0.5, 0.6) is 0 Å². The molecular weight excluding hydrogens is 312 g/mol. The van der Waals surface area contributed by atoms with Crippen molar-refractivity contribution >= 4 is 5.91 Å². The number of likely N-dealkylation sites (N-methyl/N-ethyl adjacent to an activating group) is 1. The molecule has 0 saturated carbocycles. The van der Waals surface area contributed by atoms with Gasteiger partial charge < -0.3 is 15.0 Å². The highest BCUT2D eigenvalue weighted by atomic mass is 16.5. The van der Waals surface area contributed by atoms with Gasteiger partial charge in [0.05, 0.1) is 5.60 Å². The number of hydrogen-bond donors (Lipinski definition) is 1. The lowest BCUT2D eigenvalue weighted by molar-refractivity contribution is -0.123. The van der Waals surface area contributed by atoms with Crippen LogP contribution in [0.2, 0.25) is 0 Å². The molecule has 25 heavy (non-hydrogen) atoms. The average molecular weight is 347 g/mol. The van der Waals surface area contributed by atoms with Crippen molar-refractivity contribution in [2.24, 2.45) is 5.92 Å². The average Bonchev–Trinajstić information content (AvgIpc) is 2.52. The lowest BCUT2D eigenvalue weighted by Gasteiger charge is -2.39. The molecule has 1 aromatic carbocycles. The molecule has 4 heteroatoms. The highest BCUT2D eigenvalue weighted by Crippen LogP contribution is 2.40. The van der Waals surface area contributed by atoms with Gasteiger partial charge in [-0.2, -0.15) is 0 Å². The highest BCUT2D eigenvalue weighted by molar-refractivity contribution is 5.77. The molecule has 0 spiro atoms. The fraction of sp³-hybridized carbons (Fsp3) is 0.667. The van der Waals surface area contributed by atoms with Crippen molar-refractivity contribution < 1.29 is 9.53 Å². The molecule has 1 aliphatic heterocycles. The minimum absolute atomic E-state index is 0.104. The molecule has 1 aliphatic rings. The minimum atomic E-state index is -0.104. The fourth-order valence-corrected chi connectivity index (χ4v) is 3.68. The smallest absolute Gasteiger partial charge is 0.220 e. The van der Waals surface area contributed by atoms with Crippen LogP contribution >= 0.6 is 0 Å². The van der Waals surface area contributed by atoms with Crippen molar-refractivity contribution in [3.63, 3.8) is 0 Å². The van der Waals surface area contributed by atoms with Gasteiger partial charge in [0.1, 0.15) is 0 Å². The maximum absolute atomic E-state index is 12.5. The Hall–Kier alpha value is -1.39. The summed E-state index contributed by atoms with van der Waals surface area (Å²) >= 11 is 0. The van der Waals surface area contributed by atoms with Crippen molar-refractivity contribution in [3.8, 4) is 0 Å². The van der Waals surface area contributed by atoms with Crippen LogP contribution in [-0.4, -0.2) is 50.2 Å². The molecule has 0 aromatic heterocycles. The Morgan fingerprint density at radius 1 is 1.32 bits per heavy atom. The fourth-order valence-electron chi connectivity index (χ4n) is 3.68. The summed E-state index contributed by atoms with van der Waals surface area (Å²) in [4.78, 5) is 14.6. The Morgan fingerprint density at radius 3 is 2.60 bits per heavy atom. The molecule has 140 valence electrons. The first kappa shape index (κ1) is 19.9. The van der Waals surface area contributed by atoms with Crippen molar-refractivity contribution in [2.45, 2.75) is 51.6 Å². The number of ether oxygens (including phenoxy) is 1. The first-order chi connectivity index (χ1) is 11.8. The second-order valence-electron chi connectivity index (χ2n) is 8.24. The Bertz CT molecular complexity index is 552. The van der Waals surface area contributed by atoms with E-state index in [1.165, 1.54) is 11.1 Å². The van der Waals surface area contributed by atoms with E-state index in [1.54, 1.807) is 0 Å². The number of carbonyl (C=O) groups excluding carboxylic acids is 1. The normalized spacial score (nSPS) is 21.1. The van der Waals surface area contributed by atoms with Gasteiger partial charge in [-0.1, -0.05) is 29.8 Å². The number of nitrogens with one attached hydrogen (secondary N) is 1. The van der Waals surface area contributed by atoms with Crippen LogP contribution in [0.4, 0.5) is 0 Å². The van der Waals surface area contributed by atoms with Crippen molar-refractivity contribution in [3.05, 3.63) is 35.4 Å². The van der Waals surface area contributed by atoms with Crippen LogP contribution in [0.1, 0.15) is 50.2 Å². The van der Waals surface area contributed by atoms with Crippen molar-refractivity contribution in [1.29, 1.82) is 0 Å². The molecule has 0 bridgehead atoms. The van der Waals surface area contributed by atoms with Crippen LogP contribution in [-0.2, 0) is 9.53 Å². The van der Waals surface area contributed by atoms with Crippen LogP contribution < -0.4 is 5.32 Å². The zero-order valence-corrected chi connectivity index (χ0v) is 16.5. The van der Waals surface area contributed by atoms with E-state index in [4.69, 9.17) is 4.74 Å². The second-order valence-corrected chi connectivity index (χ2v) is 8.24. The summed E-state index contributed by atoms with van der Waals surface area (Å²) in [6.45, 7) is 8.76. The maximum atomic E-state index is 12.5. The van der Waals surface area contributed by atoms with Gasteiger partial charge in [0.15, 0.2) is 0 Å². The van der Waals surface area contributed by atoms with Gasteiger partial charge in [0.2, 0.25) is 5.91 Å². The molecule has 4 nitrogen and oxygen atoms in total. The quantitative estimate of drug-likeness (QED) is 0.823. The number of carbonyl (C=O) groups is 1. The first-order valence-electron chi connectivity index (χ1n) is 9.39. The summed E-state index contributed by atoms with van der Waals surface area (Å²) in [5, 5.41) is 3.07. The van der Waals surface area contributed by atoms with Gasteiger partial charge in [-0.3, -0.25) is 4.79 Å². The number of rotatable bonds is 7. The summed E-state index contributed by atoms with van der Waals surface area (Å²) in [6.07, 6.45) is 2.57. The third kappa shape index (κ3) is 6.44. The molecule has 1 N–H and O–H groups in total. The highest BCUT2D eigenvalue weighted by Gasteiger charge is 2.35. The summed E-state index contributed by atoms with van der Waals surface area (Å²) in [5.41, 5.74) is 2.43. The molecule has 1 saturated heterocycles. The van der Waals surface area contributed by atoms with E-state index in [9.17, 15) is 4.79 Å². The number of amides is 1. The lowest BCUT2D eigenvalue weighted by Crippen LogP contribution is -2.38. The van der Waals surface area contributed by atoms with Crippen molar-refractivity contribution in [1.82, 2.24) is 10.2 Å². The summed E-state index contributed by atoms with van der Waals surface area (Å²) in [7, 11) is 4.04. The number of hydrogen-bond acceptors (Lipinski definition) is 3. The maximum Gasteiger partial charge on any atom is 0.220 e. The van der Waals surface area contributed by atoms with Crippen LogP contribution in [0, 0.1) is 12.8 Å². The monoisotopic (exact) mass is 346 g/mol. The zero-order valence-electron chi connectivity index (χ0n) is 16.5. The Morgan fingerprint density at radius 2 is 2.00 bits per heavy atom. The van der Waals surface area contributed by atoms with E-state index in [0.29, 0.717) is 18.9 Å². The second kappa shape index (κ2) is 8.81. The summed E-state index contributed by atoms with van der Waals surface area (Å²) in [5.74, 6) is 0.880. The number of benzene rings is 1.